The van der Waals surface area contributed by atoms with E-state index in [-0.39, 0.29) is 16.9 Å². The minimum Gasteiger partial charge on any atom is -0.465 e. The quantitative estimate of drug-likeness (QED) is 0.509. The summed E-state index contributed by atoms with van der Waals surface area (Å²) >= 11 is 0. The lowest BCUT2D eigenvalue weighted by molar-refractivity contribution is -0.136. The first-order valence-electron chi connectivity index (χ1n) is 5.64. The van der Waals surface area contributed by atoms with Gasteiger partial charge in [0.25, 0.3) is 0 Å². The highest BCUT2D eigenvalue weighted by Gasteiger charge is 2.30. The monoisotopic (exact) mass is 294 g/mol. The van der Waals surface area contributed by atoms with Crippen LogP contribution in [-0.4, -0.2) is 25.3 Å². The van der Waals surface area contributed by atoms with Gasteiger partial charge in [-0.15, -0.1) is 0 Å². The lowest BCUT2D eigenvalue weighted by Gasteiger charge is -2.18. The molecule has 0 aromatic heterocycles. The van der Waals surface area contributed by atoms with Gasteiger partial charge >= 0.3 is 12.1 Å². The van der Waals surface area contributed by atoms with Gasteiger partial charge in [-0.1, -0.05) is 0 Å². The van der Waals surface area contributed by atoms with Crippen LogP contribution in [0, 0.1) is 5.82 Å². The Bertz CT molecular complexity index is 503. The molecule has 1 atom stereocenters. The molecule has 0 amide bonds. The second-order valence-electron chi connectivity index (χ2n) is 4.28. The van der Waals surface area contributed by atoms with Crippen molar-refractivity contribution in [1.82, 2.24) is 0 Å². The number of halogens is 4. The summed E-state index contributed by atoms with van der Waals surface area (Å²) in [6.45, 7) is 1.25. The van der Waals surface area contributed by atoms with E-state index in [9.17, 15) is 22.4 Å². The van der Waals surface area contributed by atoms with E-state index in [2.05, 4.69) is 10.1 Å². The van der Waals surface area contributed by atoms with Crippen LogP contribution in [0.1, 0.15) is 23.7 Å². The fraction of sp³-hybridized carbons (Fsp3) is 0.417. The zero-order valence-corrected chi connectivity index (χ0v) is 10.8. The molecule has 0 radical (unpaired) electrons. The van der Waals surface area contributed by atoms with Crippen LogP contribution in [0.4, 0.5) is 28.9 Å². The number of nitrogen functional groups attached to an aromatic ring is 1. The number of methoxy groups -OCH3 is 1. The third kappa shape index (κ3) is 4.29. The van der Waals surface area contributed by atoms with Crippen molar-refractivity contribution in [3.05, 3.63) is 23.5 Å². The summed E-state index contributed by atoms with van der Waals surface area (Å²) < 4.78 is 54.7. The number of ether oxygens (including phenoxy) is 1. The maximum atomic E-state index is 13.6. The van der Waals surface area contributed by atoms with E-state index in [4.69, 9.17) is 5.73 Å². The Labute approximate surface area is 112 Å². The van der Waals surface area contributed by atoms with E-state index in [1.54, 1.807) is 0 Å². The smallest absolute Gasteiger partial charge is 0.391 e. The second-order valence-corrected chi connectivity index (χ2v) is 4.28. The Hall–Kier alpha value is -1.99. The predicted molar refractivity (Wildman–Crippen MR) is 65.9 cm³/mol. The summed E-state index contributed by atoms with van der Waals surface area (Å²) in [5, 5.41) is 2.35. The number of rotatable bonds is 4. The Morgan fingerprint density at radius 2 is 2.05 bits per heavy atom. The summed E-state index contributed by atoms with van der Waals surface area (Å²) in [6, 6.07) is 0.830. The average Bonchev–Trinajstić information content (AvgIpc) is 2.29. The number of anilines is 2. The minimum atomic E-state index is -4.37. The maximum Gasteiger partial charge on any atom is 0.391 e. The molecule has 1 aromatic carbocycles. The molecular formula is C12H14F4N2O2. The number of nitrogens with two attached hydrogens (primary N) is 1. The average molecular weight is 294 g/mol. The van der Waals surface area contributed by atoms with Crippen molar-refractivity contribution in [3.63, 3.8) is 0 Å². The molecule has 0 saturated carbocycles. The molecule has 1 rings (SSSR count). The molecular weight excluding hydrogens is 280 g/mol. The first kappa shape index (κ1) is 16.1. The Morgan fingerprint density at radius 1 is 1.45 bits per heavy atom. The summed E-state index contributed by atoms with van der Waals surface area (Å²) in [4.78, 5) is 11.4. The molecule has 0 bridgehead atoms. The van der Waals surface area contributed by atoms with E-state index in [1.807, 2.05) is 0 Å². The number of benzene rings is 1. The molecule has 0 aliphatic rings. The normalized spacial score (nSPS) is 12.9. The molecule has 4 nitrogen and oxygen atoms in total. The van der Waals surface area contributed by atoms with E-state index >= 15 is 0 Å². The highest BCUT2D eigenvalue weighted by molar-refractivity contribution is 5.96. The molecule has 0 fully saturated rings. The van der Waals surface area contributed by atoms with Crippen LogP contribution in [0.15, 0.2) is 12.1 Å². The van der Waals surface area contributed by atoms with Crippen molar-refractivity contribution in [2.45, 2.75) is 25.6 Å². The predicted octanol–water partition coefficient (Wildman–Crippen LogP) is 2.95. The third-order valence-electron chi connectivity index (χ3n) is 2.48. The van der Waals surface area contributed by atoms with Gasteiger partial charge in [0.2, 0.25) is 0 Å². The van der Waals surface area contributed by atoms with Gasteiger partial charge in [0.15, 0.2) is 0 Å². The van der Waals surface area contributed by atoms with Crippen LogP contribution >= 0.6 is 0 Å². The van der Waals surface area contributed by atoms with E-state index in [0.29, 0.717) is 0 Å². The van der Waals surface area contributed by atoms with E-state index in [1.165, 1.54) is 6.92 Å². The van der Waals surface area contributed by atoms with Crippen LogP contribution < -0.4 is 11.1 Å². The number of esters is 1. The molecule has 1 unspecified atom stereocenters. The van der Waals surface area contributed by atoms with Crippen molar-refractivity contribution in [3.8, 4) is 0 Å². The summed E-state index contributed by atoms with van der Waals surface area (Å²) in [7, 11) is 1.12. The summed E-state index contributed by atoms with van der Waals surface area (Å²) in [5.74, 6) is -1.64. The van der Waals surface area contributed by atoms with Crippen LogP contribution in [0.3, 0.4) is 0 Å². The Kier molecular flexibility index (Phi) is 4.80. The lowest BCUT2D eigenvalue weighted by Crippen LogP contribution is -2.24. The van der Waals surface area contributed by atoms with E-state index in [0.717, 1.165) is 19.2 Å². The zero-order valence-electron chi connectivity index (χ0n) is 10.8. The highest BCUT2D eigenvalue weighted by Crippen LogP contribution is 2.27. The van der Waals surface area contributed by atoms with Gasteiger partial charge in [0.1, 0.15) is 5.82 Å². The van der Waals surface area contributed by atoms with Crippen molar-refractivity contribution >= 4 is 17.3 Å². The second kappa shape index (κ2) is 5.98. The molecule has 8 heteroatoms. The maximum absolute atomic E-state index is 13.6. The Morgan fingerprint density at radius 3 is 2.55 bits per heavy atom. The molecule has 112 valence electrons. The SMILES string of the molecule is COC(=O)c1cc(NC(C)CC(F)(F)F)c(F)cc1N. The minimum absolute atomic E-state index is 0.115. The van der Waals surface area contributed by atoms with Crippen molar-refractivity contribution in [2.24, 2.45) is 0 Å². The zero-order chi connectivity index (χ0) is 15.5. The summed E-state index contributed by atoms with van der Waals surface area (Å²) in [5.41, 5.74) is 4.95. The van der Waals surface area contributed by atoms with Crippen molar-refractivity contribution in [1.29, 1.82) is 0 Å². The fourth-order valence-electron chi connectivity index (χ4n) is 1.65. The largest absolute Gasteiger partial charge is 0.465 e. The summed E-state index contributed by atoms with van der Waals surface area (Å²) in [6.07, 6.45) is -5.51. The molecule has 20 heavy (non-hydrogen) atoms. The number of carbonyl (C=O) groups excluding carboxylic acids is 1. The van der Waals surface area contributed by atoms with E-state index < -0.39 is 30.4 Å². The number of carbonyl (C=O) groups is 1. The standard InChI is InChI=1S/C12H14F4N2O2/c1-6(5-12(14,15)16)18-10-3-7(11(19)20-2)9(17)4-8(10)13/h3-4,6,18H,5,17H2,1-2H3. The first-order valence-corrected chi connectivity index (χ1v) is 5.64. The molecule has 0 aliphatic carbocycles. The molecule has 1 aromatic rings. The van der Waals surface area contributed by atoms with Gasteiger partial charge in [0.05, 0.1) is 24.8 Å². The highest BCUT2D eigenvalue weighted by atomic mass is 19.4. The number of hydrogen-bond donors (Lipinski definition) is 2. The third-order valence-corrected chi connectivity index (χ3v) is 2.48. The fourth-order valence-corrected chi connectivity index (χ4v) is 1.65. The first-order chi connectivity index (χ1) is 9.14. The van der Waals surface area contributed by atoms with Gasteiger partial charge in [-0.25, -0.2) is 9.18 Å². The van der Waals surface area contributed by atoms with Crippen LogP contribution in [-0.2, 0) is 4.74 Å². The van der Waals surface area contributed by atoms with Crippen LogP contribution in [0.25, 0.3) is 0 Å². The molecule has 0 aliphatic heterocycles. The van der Waals surface area contributed by atoms with Crippen molar-refractivity contribution in [2.75, 3.05) is 18.2 Å². The Balaban J connectivity index is 2.98. The molecule has 3 N–H and O–H groups in total. The van der Waals surface area contributed by atoms with Gasteiger partial charge in [-0.05, 0) is 19.1 Å². The van der Waals surface area contributed by atoms with Gasteiger partial charge in [-0.3, -0.25) is 0 Å². The van der Waals surface area contributed by atoms with Crippen molar-refractivity contribution < 1.29 is 27.1 Å². The molecule has 0 heterocycles. The lowest BCUT2D eigenvalue weighted by atomic mass is 10.1. The number of alkyl halides is 3. The van der Waals surface area contributed by atoms with Gasteiger partial charge < -0.3 is 15.8 Å². The molecule has 0 spiro atoms. The van der Waals surface area contributed by atoms with Gasteiger partial charge in [-0.2, -0.15) is 13.2 Å². The van der Waals surface area contributed by atoms with Crippen LogP contribution in [0.5, 0.6) is 0 Å². The van der Waals surface area contributed by atoms with Gasteiger partial charge in [0, 0.05) is 11.7 Å². The topological polar surface area (TPSA) is 64.3 Å². The number of nitrogens with one attached hydrogen (secondary N) is 1. The number of hydrogen-bond acceptors (Lipinski definition) is 4. The molecule has 0 saturated heterocycles. The van der Waals surface area contributed by atoms with Crippen LogP contribution in [0.2, 0.25) is 0 Å².